The monoisotopic (exact) mass is 225 g/mol. The molecule has 0 bridgehead atoms. The van der Waals surface area contributed by atoms with Gasteiger partial charge in [0.25, 0.3) is 0 Å². The third-order valence-electron chi connectivity index (χ3n) is 1.63. The summed E-state index contributed by atoms with van der Waals surface area (Å²) in [5.41, 5.74) is 4.67. The van der Waals surface area contributed by atoms with Crippen molar-refractivity contribution in [3.63, 3.8) is 0 Å². The molecule has 0 aliphatic heterocycles. The number of hydrogen-bond acceptors (Lipinski definition) is 3. The molecule has 16 heavy (non-hydrogen) atoms. The first kappa shape index (κ1) is 12.0. The molecular formula is C11H9F2NO2. The van der Waals surface area contributed by atoms with Crippen LogP contribution in [-0.4, -0.2) is 12.6 Å². The van der Waals surface area contributed by atoms with Crippen LogP contribution in [0.1, 0.15) is 12.5 Å². The second kappa shape index (κ2) is 5.12. The van der Waals surface area contributed by atoms with E-state index >= 15 is 0 Å². The average Bonchev–Trinajstić information content (AvgIpc) is 2.16. The maximum absolute atomic E-state index is 13.2. The molecular weight excluding hydrogens is 216 g/mol. The fourth-order valence-electron chi connectivity index (χ4n) is 0.993. The van der Waals surface area contributed by atoms with Crippen molar-refractivity contribution in [2.24, 2.45) is 0 Å². The highest BCUT2D eigenvalue weighted by Crippen LogP contribution is 2.15. The zero-order valence-electron chi connectivity index (χ0n) is 8.51. The molecule has 0 heterocycles. The molecule has 0 aromatic heterocycles. The van der Waals surface area contributed by atoms with Crippen molar-refractivity contribution < 1.29 is 18.3 Å². The lowest BCUT2D eigenvalue weighted by atomic mass is 10.2. The van der Waals surface area contributed by atoms with Crippen LogP contribution in [0, 0.1) is 23.5 Å². The average molecular weight is 225 g/mol. The predicted molar refractivity (Wildman–Crippen MR) is 54.3 cm³/mol. The Balaban J connectivity index is 3.01. The molecule has 0 amide bonds. The minimum Gasteiger partial charge on any atom is -0.456 e. The summed E-state index contributed by atoms with van der Waals surface area (Å²) in [5, 5.41) is 0. The van der Waals surface area contributed by atoms with Crippen molar-refractivity contribution >= 4 is 11.7 Å². The van der Waals surface area contributed by atoms with E-state index in [2.05, 4.69) is 10.7 Å². The van der Waals surface area contributed by atoms with Gasteiger partial charge in [-0.05, 0) is 25.0 Å². The minimum absolute atomic E-state index is 0.0447. The molecule has 0 spiro atoms. The van der Waals surface area contributed by atoms with Crippen molar-refractivity contribution in [1.29, 1.82) is 0 Å². The van der Waals surface area contributed by atoms with Gasteiger partial charge in [-0.2, -0.15) is 0 Å². The van der Waals surface area contributed by atoms with Gasteiger partial charge in [0.2, 0.25) is 0 Å². The highest BCUT2D eigenvalue weighted by Gasteiger charge is 2.08. The van der Waals surface area contributed by atoms with E-state index in [9.17, 15) is 13.6 Å². The Morgan fingerprint density at radius 1 is 1.44 bits per heavy atom. The van der Waals surface area contributed by atoms with Crippen LogP contribution in [-0.2, 0) is 9.53 Å². The highest BCUT2D eigenvalue weighted by atomic mass is 19.1. The van der Waals surface area contributed by atoms with Gasteiger partial charge in [0, 0.05) is 11.6 Å². The summed E-state index contributed by atoms with van der Waals surface area (Å²) in [6.45, 7) is 1.75. The van der Waals surface area contributed by atoms with Gasteiger partial charge >= 0.3 is 5.97 Å². The first-order valence-electron chi connectivity index (χ1n) is 4.48. The minimum atomic E-state index is -0.908. The van der Waals surface area contributed by atoms with E-state index in [1.54, 1.807) is 6.92 Å². The number of rotatable bonds is 1. The van der Waals surface area contributed by atoms with Crippen LogP contribution in [0.2, 0.25) is 0 Å². The van der Waals surface area contributed by atoms with Gasteiger partial charge < -0.3 is 10.5 Å². The Morgan fingerprint density at radius 3 is 2.50 bits per heavy atom. The van der Waals surface area contributed by atoms with E-state index in [1.165, 1.54) is 0 Å². The first-order valence-corrected chi connectivity index (χ1v) is 4.48. The number of carbonyl (C=O) groups excluding carboxylic acids is 1. The van der Waals surface area contributed by atoms with E-state index in [0.717, 1.165) is 12.1 Å². The summed E-state index contributed by atoms with van der Waals surface area (Å²) >= 11 is 0. The quantitative estimate of drug-likeness (QED) is 0.447. The maximum Gasteiger partial charge on any atom is 0.384 e. The summed E-state index contributed by atoms with van der Waals surface area (Å²) in [6, 6.07) is 1.86. The van der Waals surface area contributed by atoms with E-state index in [1.807, 2.05) is 5.92 Å². The van der Waals surface area contributed by atoms with Crippen LogP contribution < -0.4 is 5.73 Å². The molecule has 5 heteroatoms. The molecule has 0 fully saturated rings. The van der Waals surface area contributed by atoms with E-state index in [4.69, 9.17) is 5.73 Å². The first-order chi connectivity index (χ1) is 7.54. The van der Waals surface area contributed by atoms with Gasteiger partial charge in [0.15, 0.2) is 0 Å². The molecule has 0 saturated carbocycles. The zero-order chi connectivity index (χ0) is 12.1. The summed E-state index contributed by atoms with van der Waals surface area (Å²) in [4.78, 5) is 10.8. The van der Waals surface area contributed by atoms with Crippen LogP contribution in [0.4, 0.5) is 14.5 Å². The summed E-state index contributed by atoms with van der Waals surface area (Å²) < 4.78 is 30.8. The summed E-state index contributed by atoms with van der Waals surface area (Å²) in [6.07, 6.45) is 0. The Kier molecular flexibility index (Phi) is 3.84. The fraction of sp³-hybridized carbons (Fsp3) is 0.182. The third kappa shape index (κ3) is 2.95. The summed E-state index contributed by atoms with van der Waals surface area (Å²) in [7, 11) is 0. The number of esters is 1. The molecule has 0 unspecified atom stereocenters. The Morgan fingerprint density at radius 2 is 2.00 bits per heavy atom. The van der Waals surface area contributed by atoms with Gasteiger partial charge in [0.05, 0.1) is 12.2 Å². The molecule has 0 radical (unpaired) electrons. The smallest absolute Gasteiger partial charge is 0.384 e. The van der Waals surface area contributed by atoms with Crippen molar-refractivity contribution in [2.75, 3.05) is 12.3 Å². The van der Waals surface area contributed by atoms with Crippen molar-refractivity contribution in [3.8, 4) is 11.8 Å². The third-order valence-corrected chi connectivity index (χ3v) is 1.63. The second-order valence-corrected chi connectivity index (χ2v) is 2.83. The van der Waals surface area contributed by atoms with Crippen LogP contribution in [0.25, 0.3) is 0 Å². The van der Waals surface area contributed by atoms with Crippen molar-refractivity contribution in [3.05, 3.63) is 29.3 Å². The predicted octanol–water partition coefficient (Wildman–Crippen LogP) is 1.46. The van der Waals surface area contributed by atoms with Crippen LogP contribution in [0.3, 0.4) is 0 Å². The molecule has 2 N–H and O–H groups in total. The zero-order valence-corrected chi connectivity index (χ0v) is 8.51. The number of ether oxygens (including phenoxy) is 1. The molecule has 84 valence electrons. The van der Waals surface area contributed by atoms with Crippen LogP contribution in [0.15, 0.2) is 12.1 Å². The molecule has 0 aliphatic rings. The van der Waals surface area contributed by atoms with Gasteiger partial charge in [0.1, 0.15) is 11.6 Å². The maximum atomic E-state index is 13.2. The Labute approximate surface area is 91.2 Å². The topological polar surface area (TPSA) is 52.3 Å². The number of benzene rings is 1. The van der Waals surface area contributed by atoms with Gasteiger partial charge in [-0.15, -0.1) is 0 Å². The van der Waals surface area contributed by atoms with Crippen LogP contribution >= 0.6 is 0 Å². The number of carbonyl (C=O) groups is 1. The van der Waals surface area contributed by atoms with Gasteiger partial charge in [-0.3, -0.25) is 0 Å². The Bertz CT molecular complexity index is 452. The van der Waals surface area contributed by atoms with E-state index in [-0.39, 0.29) is 12.3 Å². The number of nitrogens with two attached hydrogens (primary N) is 1. The summed E-state index contributed by atoms with van der Waals surface area (Å²) in [5.74, 6) is 1.38. The van der Waals surface area contributed by atoms with Crippen molar-refractivity contribution in [2.45, 2.75) is 6.92 Å². The lowest BCUT2D eigenvalue weighted by Gasteiger charge is -1.98. The van der Waals surface area contributed by atoms with Gasteiger partial charge in [-0.1, -0.05) is 0 Å². The molecule has 0 aliphatic carbocycles. The van der Waals surface area contributed by atoms with Gasteiger partial charge in [-0.25, -0.2) is 13.6 Å². The van der Waals surface area contributed by atoms with E-state index < -0.39 is 23.2 Å². The normalized spacial score (nSPS) is 9.19. The molecule has 3 nitrogen and oxygen atoms in total. The molecule has 1 rings (SSSR count). The lowest BCUT2D eigenvalue weighted by molar-refractivity contribution is -0.136. The number of anilines is 1. The molecule has 1 aromatic carbocycles. The molecule has 0 atom stereocenters. The number of nitrogen functional groups attached to an aromatic ring is 1. The highest BCUT2D eigenvalue weighted by molar-refractivity contribution is 5.89. The largest absolute Gasteiger partial charge is 0.456 e. The van der Waals surface area contributed by atoms with Crippen molar-refractivity contribution in [1.82, 2.24) is 0 Å². The Hall–Kier alpha value is -2.09. The second-order valence-electron chi connectivity index (χ2n) is 2.83. The van der Waals surface area contributed by atoms with Crippen LogP contribution in [0.5, 0.6) is 0 Å². The molecule has 1 aromatic rings. The SMILES string of the molecule is CCOC(=O)C#Cc1c(F)cc(N)cc1F. The number of hydrogen-bond donors (Lipinski definition) is 1. The fourth-order valence-corrected chi connectivity index (χ4v) is 0.993. The molecule has 0 saturated heterocycles. The number of halogens is 2. The standard InChI is InChI=1S/C11H9F2NO2/c1-2-16-11(15)4-3-8-9(12)5-7(14)6-10(8)13/h5-6H,2,14H2,1H3. The van der Waals surface area contributed by atoms with E-state index in [0.29, 0.717) is 0 Å². The lowest BCUT2D eigenvalue weighted by Crippen LogP contribution is -2.00.